The molecule has 2 aromatic rings. The summed E-state index contributed by atoms with van der Waals surface area (Å²) in [6.45, 7) is 1.30. The molecule has 2 heterocycles. The molecular formula is C12H11BrN6O2S. The number of anilines is 1. The Labute approximate surface area is 138 Å². The number of rotatable bonds is 5. The fourth-order valence-corrected chi connectivity index (χ4v) is 3.28. The van der Waals surface area contributed by atoms with Crippen molar-refractivity contribution in [3.63, 3.8) is 0 Å². The van der Waals surface area contributed by atoms with Crippen LogP contribution < -0.4 is 5.43 Å². The highest BCUT2D eigenvalue weighted by molar-refractivity contribution is 9.11. The maximum Gasteiger partial charge on any atom is 0.269 e. The van der Waals surface area contributed by atoms with Gasteiger partial charge in [0.2, 0.25) is 0 Å². The smallest absolute Gasteiger partial charge is 0.269 e. The lowest BCUT2D eigenvalue weighted by atomic mass is 10.3. The molecule has 3 rings (SSSR count). The standard InChI is InChI=1S/C12H11BrN6O2S/c13-12-14-5-11(22-12)6-17-7-15-18(8-17)16-9-1-3-10(4-2-9)19(20)21/h1-5,7,16H,6,8H2. The highest BCUT2D eigenvalue weighted by Gasteiger charge is 2.15. The molecule has 0 spiro atoms. The summed E-state index contributed by atoms with van der Waals surface area (Å²) in [6.07, 6.45) is 3.57. The normalized spacial score (nSPS) is 13.7. The lowest BCUT2D eigenvalue weighted by Gasteiger charge is -2.19. The van der Waals surface area contributed by atoms with Gasteiger partial charge in [0.1, 0.15) is 13.0 Å². The summed E-state index contributed by atoms with van der Waals surface area (Å²) in [5, 5.41) is 16.5. The molecule has 0 saturated heterocycles. The third-order valence-electron chi connectivity index (χ3n) is 2.89. The summed E-state index contributed by atoms with van der Waals surface area (Å²) in [5.74, 6) is 0. The fourth-order valence-electron chi connectivity index (χ4n) is 1.90. The van der Waals surface area contributed by atoms with Gasteiger partial charge in [0.25, 0.3) is 5.69 Å². The average Bonchev–Trinajstić information content (AvgIpc) is 3.09. The van der Waals surface area contributed by atoms with Crippen molar-refractivity contribution in [1.29, 1.82) is 0 Å². The molecule has 0 aliphatic carbocycles. The number of thiazole rings is 1. The Morgan fingerprint density at radius 3 is 2.82 bits per heavy atom. The minimum absolute atomic E-state index is 0.0628. The van der Waals surface area contributed by atoms with Crippen LogP contribution in [-0.2, 0) is 6.54 Å². The van der Waals surface area contributed by atoms with Crippen molar-refractivity contribution < 1.29 is 4.92 Å². The van der Waals surface area contributed by atoms with Crippen LogP contribution in [0.25, 0.3) is 0 Å². The molecular weight excluding hydrogens is 372 g/mol. The number of hydrogen-bond acceptors (Lipinski definition) is 8. The number of nitro groups is 1. The van der Waals surface area contributed by atoms with Crippen LogP contribution in [0.3, 0.4) is 0 Å². The molecule has 1 aromatic carbocycles. The van der Waals surface area contributed by atoms with E-state index in [1.165, 1.54) is 12.1 Å². The first-order valence-electron chi connectivity index (χ1n) is 6.27. The van der Waals surface area contributed by atoms with E-state index in [9.17, 15) is 10.1 Å². The van der Waals surface area contributed by atoms with Crippen LogP contribution in [0.4, 0.5) is 11.4 Å². The number of nitrogens with one attached hydrogen (secondary N) is 1. The third kappa shape index (κ3) is 3.52. The molecule has 0 saturated carbocycles. The zero-order valence-electron chi connectivity index (χ0n) is 11.2. The van der Waals surface area contributed by atoms with Crippen molar-refractivity contribution in [3.05, 3.63) is 49.4 Å². The Morgan fingerprint density at radius 1 is 1.41 bits per heavy atom. The van der Waals surface area contributed by atoms with Crippen LogP contribution in [0.15, 0.2) is 39.5 Å². The predicted molar refractivity (Wildman–Crippen MR) is 87.3 cm³/mol. The molecule has 1 aliphatic heterocycles. The molecule has 22 heavy (non-hydrogen) atoms. The Kier molecular flexibility index (Phi) is 4.20. The minimum atomic E-state index is -0.424. The second-order valence-electron chi connectivity index (χ2n) is 4.51. The van der Waals surface area contributed by atoms with E-state index in [1.807, 2.05) is 11.1 Å². The minimum Gasteiger partial charge on any atom is -0.335 e. The van der Waals surface area contributed by atoms with Crippen molar-refractivity contribution in [2.24, 2.45) is 5.10 Å². The second kappa shape index (κ2) is 6.28. The number of hydrazone groups is 1. The van der Waals surface area contributed by atoms with Crippen LogP contribution in [-0.4, -0.2) is 32.9 Å². The van der Waals surface area contributed by atoms with Gasteiger partial charge in [0.05, 0.1) is 17.2 Å². The highest BCUT2D eigenvalue weighted by Crippen LogP contribution is 2.21. The van der Waals surface area contributed by atoms with Gasteiger partial charge >= 0.3 is 0 Å². The first-order chi connectivity index (χ1) is 10.6. The summed E-state index contributed by atoms with van der Waals surface area (Å²) in [7, 11) is 0. The number of nitrogens with zero attached hydrogens (tertiary/aromatic N) is 5. The van der Waals surface area contributed by atoms with E-state index < -0.39 is 4.92 Å². The van der Waals surface area contributed by atoms with E-state index in [4.69, 9.17) is 0 Å². The van der Waals surface area contributed by atoms with E-state index in [2.05, 4.69) is 31.4 Å². The number of non-ortho nitro benzene ring substituents is 1. The lowest BCUT2D eigenvalue weighted by Crippen LogP contribution is -2.29. The molecule has 114 valence electrons. The SMILES string of the molecule is O=[N+]([O-])c1ccc(NN2CN(Cc3cnc(Br)s3)C=N2)cc1. The zero-order valence-corrected chi connectivity index (χ0v) is 13.6. The first kappa shape index (κ1) is 14.7. The van der Waals surface area contributed by atoms with Gasteiger partial charge in [-0.25, -0.2) is 4.98 Å². The summed E-state index contributed by atoms with van der Waals surface area (Å²) >= 11 is 4.92. The largest absolute Gasteiger partial charge is 0.335 e. The van der Waals surface area contributed by atoms with Crippen molar-refractivity contribution in [3.8, 4) is 0 Å². The van der Waals surface area contributed by atoms with Gasteiger partial charge in [-0.05, 0) is 28.1 Å². The maximum atomic E-state index is 10.6. The van der Waals surface area contributed by atoms with Gasteiger partial charge in [0, 0.05) is 23.2 Å². The fraction of sp³-hybridized carbons (Fsp3) is 0.167. The monoisotopic (exact) mass is 382 g/mol. The number of benzene rings is 1. The number of hydrazine groups is 1. The Bertz CT molecular complexity index is 704. The third-order valence-corrected chi connectivity index (χ3v) is 4.35. The molecule has 1 aliphatic rings. The molecule has 8 nitrogen and oxygen atoms in total. The van der Waals surface area contributed by atoms with E-state index in [-0.39, 0.29) is 5.69 Å². The molecule has 0 bridgehead atoms. The quantitative estimate of drug-likeness (QED) is 0.631. The molecule has 0 unspecified atom stereocenters. The number of aromatic nitrogens is 1. The number of hydrogen-bond donors (Lipinski definition) is 1. The van der Waals surface area contributed by atoms with Gasteiger partial charge < -0.3 is 4.90 Å². The Balaban J connectivity index is 1.54. The summed E-state index contributed by atoms with van der Waals surface area (Å²) in [4.78, 5) is 17.5. The topological polar surface area (TPSA) is 86.9 Å². The average molecular weight is 383 g/mol. The second-order valence-corrected chi connectivity index (χ2v) is 6.91. The Morgan fingerprint density at radius 2 is 2.18 bits per heavy atom. The molecule has 0 fully saturated rings. The molecule has 0 atom stereocenters. The maximum absolute atomic E-state index is 10.6. The molecule has 0 amide bonds. The van der Waals surface area contributed by atoms with Crippen LogP contribution in [0.2, 0.25) is 0 Å². The predicted octanol–water partition coefficient (Wildman–Crippen LogP) is 2.86. The molecule has 1 N–H and O–H groups in total. The Hall–Kier alpha value is -2.20. The lowest BCUT2D eigenvalue weighted by molar-refractivity contribution is -0.384. The van der Waals surface area contributed by atoms with Crippen LogP contribution in [0.1, 0.15) is 4.88 Å². The van der Waals surface area contributed by atoms with Gasteiger partial charge in [-0.15, -0.1) is 16.4 Å². The van der Waals surface area contributed by atoms with Gasteiger partial charge in [-0.1, -0.05) is 0 Å². The summed E-state index contributed by atoms with van der Waals surface area (Å²) in [5.41, 5.74) is 3.88. The summed E-state index contributed by atoms with van der Waals surface area (Å²) < 4.78 is 0.861. The van der Waals surface area contributed by atoms with Crippen molar-refractivity contribution >= 4 is 45.0 Å². The first-order valence-corrected chi connectivity index (χ1v) is 7.88. The number of nitro benzene ring substituents is 1. The van der Waals surface area contributed by atoms with Gasteiger partial charge in [0.15, 0.2) is 3.92 Å². The molecule has 10 heteroatoms. The van der Waals surface area contributed by atoms with E-state index in [0.29, 0.717) is 6.67 Å². The van der Waals surface area contributed by atoms with E-state index >= 15 is 0 Å². The highest BCUT2D eigenvalue weighted by atomic mass is 79.9. The zero-order chi connectivity index (χ0) is 15.5. The van der Waals surface area contributed by atoms with E-state index in [1.54, 1.807) is 34.9 Å². The van der Waals surface area contributed by atoms with Crippen LogP contribution in [0, 0.1) is 10.1 Å². The van der Waals surface area contributed by atoms with Gasteiger partial charge in [-0.2, -0.15) is 5.12 Å². The van der Waals surface area contributed by atoms with Crippen molar-refractivity contribution in [1.82, 2.24) is 15.0 Å². The number of halogens is 1. The van der Waals surface area contributed by atoms with Gasteiger partial charge in [-0.3, -0.25) is 15.5 Å². The van der Waals surface area contributed by atoms with E-state index in [0.717, 1.165) is 21.0 Å². The van der Waals surface area contributed by atoms with Crippen molar-refractivity contribution in [2.45, 2.75) is 6.54 Å². The molecule has 1 aromatic heterocycles. The molecule has 0 radical (unpaired) electrons. The van der Waals surface area contributed by atoms with Crippen LogP contribution in [0.5, 0.6) is 0 Å². The van der Waals surface area contributed by atoms with Crippen molar-refractivity contribution in [2.75, 3.05) is 12.1 Å². The summed E-state index contributed by atoms with van der Waals surface area (Å²) in [6, 6.07) is 6.21. The van der Waals surface area contributed by atoms with Crippen LogP contribution >= 0.6 is 27.3 Å².